The van der Waals surface area contributed by atoms with Crippen LogP contribution in [0.3, 0.4) is 0 Å². The minimum absolute atomic E-state index is 0.235. The molecule has 0 aromatic heterocycles. The molecule has 1 aliphatic rings. The summed E-state index contributed by atoms with van der Waals surface area (Å²) in [6.07, 6.45) is 0. The van der Waals surface area contributed by atoms with E-state index in [4.69, 9.17) is 11.5 Å². The molecule has 0 bridgehead atoms. The molecule has 0 fully saturated rings. The Labute approximate surface area is 97.3 Å². The number of aliphatic imine (C=N–C) groups is 1. The summed E-state index contributed by atoms with van der Waals surface area (Å²) in [5.41, 5.74) is 9.93. The first-order valence-electron chi connectivity index (χ1n) is 5.07. The summed E-state index contributed by atoms with van der Waals surface area (Å²) in [5, 5.41) is 0. The van der Waals surface area contributed by atoms with Gasteiger partial charge in [0.15, 0.2) is 12.1 Å². The molecule has 0 unspecified atom stereocenters. The standard InChI is InChI=1S/C11H13F2N3O/c1-10(7-3-2-4-8(14)5-7)11(12,13)6-17-9(15)16-10/h2-5H,6,14H2,1H3,(H2,15,16)/t10-/m1/s1. The number of nitrogens with two attached hydrogens (primary N) is 2. The normalized spacial score (nSPS) is 27.1. The van der Waals surface area contributed by atoms with Crippen LogP contribution in [0.25, 0.3) is 0 Å². The zero-order valence-corrected chi connectivity index (χ0v) is 9.28. The molecule has 0 radical (unpaired) electrons. The number of nitrogens with zero attached hydrogens (tertiary/aromatic N) is 1. The maximum absolute atomic E-state index is 13.9. The lowest BCUT2D eigenvalue weighted by atomic mass is 9.85. The van der Waals surface area contributed by atoms with Crippen molar-refractivity contribution < 1.29 is 13.5 Å². The van der Waals surface area contributed by atoms with Crippen LogP contribution in [0, 0.1) is 0 Å². The number of hydrogen-bond acceptors (Lipinski definition) is 4. The Morgan fingerprint density at radius 2 is 2.06 bits per heavy atom. The molecule has 0 saturated heterocycles. The van der Waals surface area contributed by atoms with Crippen molar-refractivity contribution in [3.05, 3.63) is 29.8 Å². The number of alkyl halides is 2. The van der Waals surface area contributed by atoms with Crippen LogP contribution in [0.5, 0.6) is 0 Å². The average Bonchev–Trinajstić information content (AvgIpc) is 2.25. The topological polar surface area (TPSA) is 73.6 Å². The average molecular weight is 241 g/mol. The van der Waals surface area contributed by atoms with E-state index in [1.54, 1.807) is 18.2 Å². The van der Waals surface area contributed by atoms with Gasteiger partial charge in [-0.1, -0.05) is 12.1 Å². The van der Waals surface area contributed by atoms with Gasteiger partial charge in [0.25, 0.3) is 6.02 Å². The lowest BCUT2D eigenvalue weighted by Gasteiger charge is -2.37. The van der Waals surface area contributed by atoms with Gasteiger partial charge in [0.1, 0.15) is 0 Å². The van der Waals surface area contributed by atoms with Crippen molar-refractivity contribution in [1.82, 2.24) is 0 Å². The second kappa shape index (κ2) is 3.58. The fourth-order valence-corrected chi connectivity index (χ4v) is 1.76. The third-order valence-corrected chi connectivity index (χ3v) is 2.90. The molecule has 1 aromatic carbocycles. The minimum Gasteiger partial charge on any atom is -0.459 e. The van der Waals surface area contributed by atoms with E-state index >= 15 is 0 Å². The zero-order chi connectivity index (χ0) is 12.7. The molecule has 2 rings (SSSR count). The maximum atomic E-state index is 13.9. The molecule has 4 N–H and O–H groups in total. The summed E-state index contributed by atoms with van der Waals surface area (Å²) >= 11 is 0. The highest BCUT2D eigenvalue weighted by Crippen LogP contribution is 2.43. The van der Waals surface area contributed by atoms with Gasteiger partial charge >= 0.3 is 5.92 Å². The van der Waals surface area contributed by atoms with Crippen LogP contribution in [0.1, 0.15) is 12.5 Å². The summed E-state index contributed by atoms with van der Waals surface area (Å²) in [7, 11) is 0. The first-order chi connectivity index (χ1) is 7.85. The first-order valence-corrected chi connectivity index (χ1v) is 5.07. The van der Waals surface area contributed by atoms with Gasteiger partial charge in [0.2, 0.25) is 0 Å². The Morgan fingerprint density at radius 1 is 1.35 bits per heavy atom. The molecule has 1 aliphatic heterocycles. The molecule has 1 aromatic rings. The van der Waals surface area contributed by atoms with Crippen molar-refractivity contribution in [3.8, 4) is 0 Å². The van der Waals surface area contributed by atoms with Crippen molar-refractivity contribution in [1.29, 1.82) is 0 Å². The number of benzene rings is 1. The third kappa shape index (κ3) is 1.79. The van der Waals surface area contributed by atoms with Gasteiger partial charge in [-0.2, -0.15) is 8.78 Å². The fourth-order valence-electron chi connectivity index (χ4n) is 1.76. The Bertz CT molecular complexity index is 476. The summed E-state index contributed by atoms with van der Waals surface area (Å²) < 4.78 is 32.4. The molecular weight excluding hydrogens is 228 g/mol. The van der Waals surface area contributed by atoms with E-state index in [9.17, 15) is 8.78 Å². The van der Waals surface area contributed by atoms with Crippen LogP contribution in [0.2, 0.25) is 0 Å². The van der Waals surface area contributed by atoms with Crippen molar-refractivity contribution in [3.63, 3.8) is 0 Å². The Kier molecular flexibility index (Phi) is 2.45. The number of anilines is 1. The van der Waals surface area contributed by atoms with Crippen molar-refractivity contribution in [2.45, 2.75) is 18.4 Å². The number of hydrogen-bond donors (Lipinski definition) is 2. The van der Waals surface area contributed by atoms with E-state index in [1.807, 2.05) is 0 Å². The van der Waals surface area contributed by atoms with Gasteiger partial charge < -0.3 is 16.2 Å². The Morgan fingerprint density at radius 3 is 2.71 bits per heavy atom. The number of amidine groups is 1. The van der Waals surface area contributed by atoms with E-state index in [-0.39, 0.29) is 6.02 Å². The highest BCUT2D eigenvalue weighted by atomic mass is 19.3. The van der Waals surface area contributed by atoms with Crippen molar-refractivity contribution >= 4 is 11.7 Å². The molecule has 1 heterocycles. The SMILES string of the molecule is C[C@]1(c2cccc(N)c2)N=C(N)OCC1(F)F. The van der Waals surface area contributed by atoms with Crippen LogP contribution in [0.15, 0.2) is 29.3 Å². The maximum Gasteiger partial charge on any atom is 0.310 e. The molecule has 17 heavy (non-hydrogen) atoms. The highest BCUT2D eigenvalue weighted by Gasteiger charge is 2.55. The second-order valence-electron chi connectivity index (χ2n) is 4.14. The van der Waals surface area contributed by atoms with Crippen molar-refractivity contribution in [2.24, 2.45) is 10.7 Å². The zero-order valence-electron chi connectivity index (χ0n) is 9.28. The van der Waals surface area contributed by atoms with Gasteiger partial charge in [-0.3, -0.25) is 0 Å². The summed E-state index contributed by atoms with van der Waals surface area (Å²) in [4.78, 5) is 3.74. The van der Waals surface area contributed by atoms with Crippen molar-refractivity contribution in [2.75, 3.05) is 12.3 Å². The predicted molar refractivity (Wildman–Crippen MR) is 60.7 cm³/mol. The number of rotatable bonds is 1. The third-order valence-electron chi connectivity index (χ3n) is 2.90. The van der Waals surface area contributed by atoms with E-state index in [0.717, 1.165) is 0 Å². The van der Waals surface area contributed by atoms with E-state index < -0.39 is 18.1 Å². The van der Waals surface area contributed by atoms with E-state index in [0.29, 0.717) is 11.3 Å². The quantitative estimate of drug-likeness (QED) is 0.731. The van der Waals surface area contributed by atoms with Gasteiger partial charge in [-0.25, -0.2) is 4.99 Å². The molecular formula is C11H13F2N3O. The van der Waals surface area contributed by atoms with Crippen LogP contribution >= 0.6 is 0 Å². The number of nitrogen functional groups attached to an aromatic ring is 1. The number of ether oxygens (including phenoxy) is 1. The lowest BCUT2D eigenvalue weighted by Crippen LogP contribution is -2.50. The Balaban J connectivity index is 2.56. The van der Waals surface area contributed by atoms with Crippen LogP contribution in [0.4, 0.5) is 14.5 Å². The van der Waals surface area contributed by atoms with Gasteiger partial charge in [0.05, 0.1) is 0 Å². The van der Waals surface area contributed by atoms with E-state index in [1.165, 1.54) is 13.0 Å². The van der Waals surface area contributed by atoms with Gasteiger partial charge in [-0.15, -0.1) is 0 Å². The lowest BCUT2D eigenvalue weighted by molar-refractivity contribution is -0.116. The molecule has 0 saturated carbocycles. The Hall–Kier alpha value is -1.85. The van der Waals surface area contributed by atoms with Gasteiger partial charge in [-0.05, 0) is 24.6 Å². The molecule has 6 heteroatoms. The minimum atomic E-state index is -3.14. The van der Waals surface area contributed by atoms with Crippen LogP contribution in [-0.2, 0) is 10.3 Å². The second-order valence-corrected chi connectivity index (χ2v) is 4.14. The van der Waals surface area contributed by atoms with Crippen LogP contribution in [-0.4, -0.2) is 18.6 Å². The molecule has 0 amide bonds. The van der Waals surface area contributed by atoms with Crippen LogP contribution < -0.4 is 11.5 Å². The fraction of sp³-hybridized carbons (Fsp3) is 0.364. The molecule has 1 atom stereocenters. The number of halogens is 2. The summed E-state index contributed by atoms with van der Waals surface area (Å²) in [5.74, 6) is -3.14. The van der Waals surface area contributed by atoms with E-state index in [2.05, 4.69) is 9.73 Å². The highest BCUT2D eigenvalue weighted by molar-refractivity contribution is 5.73. The first kappa shape index (κ1) is 11.6. The molecule has 0 aliphatic carbocycles. The molecule has 92 valence electrons. The smallest absolute Gasteiger partial charge is 0.310 e. The summed E-state index contributed by atoms with van der Waals surface area (Å²) in [6.45, 7) is 0.533. The largest absolute Gasteiger partial charge is 0.459 e. The molecule has 4 nitrogen and oxygen atoms in total. The monoisotopic (exact) mass is 241 g/mol. The molecule has 0 spiro atoms. The predicted octanol–water partition coefficient (Wildman–Crippen LogP) is 1.46. The van der Waals surface area contributed by atoms with Gasteiger partial charge in [0, 0.05) is 5.69 Å². The summed E-state index contributed by atoms with van der Waals surface area (Å²) in [6, 6.07) is 6.01.